The molecule has 0 aliphatic rings. The molecule has 1 heterocycles. The number of rotatable bonds is 1. The van der Waals surface area contributed by atoms with Crippen LogP contribution in [0.3, 0.4) is 0 Å². The van der Waals surface area contributed by atoms with Gasteiger partial charge in [-0.15, -0.1) is 0 Å². The molecule has 5 heteroatoms. The Labute approximate surface area is 101 Å². The van der Waals surface area contributed by atoms with Crippen LogP contribution in [-0.4, -0.2) is 4.98 Å². The van der Waals surface area contributed by atoms with Crippen molar-refractivity contribution in [2.75, 3.05) is 0 Å². The van der Waals surface area contributed by atoms with Gasteiger partial charge in [0.05, 0.1) is 11.3 Å². The number of benzene rings is 1. The van der Waals surface area contributed by atoms with Crippen LogP contribution in [0.1, 0.15) is 11.1 Å². The molecule has 2 aromatic rings. The lowest BCUT2D eigenvalue weighted by atomic mass is 10.0. The summed E-state index contributed by atoms with van der Waals surface area (Å²) in [5.41, 5.74) is 0.720. The Kier molecular flexibility index (Phi) is 2.98. The van der Waals surface area contributed by atoms with Crippen molar-refractivity contribution in [3.8, 4) is 11.3 Å². The summed E-state index contributed by atoms with van der Waals surface area (Å²) in [7, 11) is 0. The first-order chi connectivity index (χ1) is 8.39. The molecule has 0 aliphatic heterocycles. The third-order valence-electron chi connectivity index (χ3n) is 2.71. The van der Waals surface area contributed by atoms with Gasteiger partial charge in [0.25, 0.3) is 0 Å². The topological polar surface area (TPSA) is 32.9 Å². The van der Waals surface area contributed by atoms with E-state index in [9.17, 15) is 18.0 Å². The van der Waals surface area contributed by atoms with Crippen molar-refractivity contribution in [1.82, 2.24) is 4.98 Å². The third kappa shape index (κ3) is 2.30. The van der Waals surface area contributed by atoms with Crippen LogP contribution in [0, 0.1) is 6.92 Å². The molecule has 0 aliphatic carbocycles. The van der Waals surface area contributed by atoms with Crippen LogP contribution in [-0.2, 0) is 6.18 Å². The molecule has 2 nitrogen and oxygen atoms in total. The van der Waals surface area contributed by atoms with Crippen LogP contribution in [0.2, 0.25) is 0 Å². The number of hydrogen-bond acceptors (Lipinski definition) is 1. The van der Waals surface area contributed by atoms with Gasteiger partial charge >= 0.3 is 6.18 Å². The van der Waals surface area contributed by atoms with Gasteiger partial charge in [-0.1, -0.05) is 12.1 Å². The van der Waals surface area contributed by atoms with E-state index in [-0.39, 0.29) is 5.43 Å². The Bertz CT molecular complexity index is 611. The first-order valence-corrected chi connectivity index (χ1v) is 5.25. The van der Waals surface area contributed by atoms with Gasteiger partial charge in [0.15, 0.2) is 5.43 Å². The van der Waals surface area contributed by atoms with Crippen molar-refractivity contribution >= 4 is 0 Å². The van der Waals surface area contributed by atoms with Gasteiger partial charge in [0.2, 0.25) is 0 Å². The first-order valence-electron chi connectivity index (χ1n) is 5.25. The summed E-state index contributed by atoms with van der Waals surface area (Å²) >= 11 is 0. The van der Waals surface area contributed by atoms with E-state index in [4.69, 9.17) is 0 Å². The van der Waals surface area contributed by atoms with Crippen LogP contribution in [0.5, 0.6) is 0 Å². The second kappa shape index (κ2) is 4.33. The van der Waals surface area contributed by atoms with Gasteiger partial charge in [0.1, 0.15) is 0 Å². The lowest BCUT2D eigenvalue weighted by Crippen LogP contribution is -2.07. The maximum atomic E-state index is 12.4. The zero-order chi connectivity index (χ0) is 13.3. The molecule has 1 aromatic heterocycles. The van der Waals surface area contributed by atoms with Gasteiger partial charge < -0.3 is 4.98 Å². The Hall–Kier alpha value is -2.04. The highest BCUT2D eigenvalue weighted by molar-refractivity contribution is 5.62. The highest BCUT2D eigenvalue weighted by Gasteiger charge is 2.30. The molecule has 1 N–H and O–H groups in total. The molecule has 0 spiro atoms. The highest BCUT2D eigenvalue weighted by atomic mass is 19.4. The van der Waals surface area contributed by atoms with Crippen LogP contribution >= 0.6 is 0 Å². The van der Waals surface area contributed by atoms with E-state index in [1.54, 1.807) is 6.92 Å². The normalized spacial score (nSPS) is 11.6. The minimum absolute atomic E-state index is 0.149. The maximum Gasteiger partial charge on any atom is 0.416 e. The van der Waals surface area contributed by atoms with Crippen molar-refractivity contribution in [3.05, 3.63) is 57.9 Å². The summed E-state index contributed by atoms with van der Waals surface area (Å²) in [6, 6.07) is 6.07. The van der Waals surface area contributed by atoms with Crippen molar-refractivity contribution in [3.63, 3.8) is 0 Å². The summed E-state index contributed by atoms with van der Waals surface area (Å²) in [5, 5.41) is 0. The molecule has 0 bridgehead atoms. The van der Waals surface area contributed by atoms with Crippen molar-refractivity contribution in [2.24, 2.45) is 0 Å². The molecule has 2 rings (SSSR count). The van der Waals surface area contributed by atoms with E-state index in [1.807, 2.05) is 0 Å². The SMILES string of the molecule is Cc1c(-c2ccc(C(F)(F)F)cc2)[nH]ccc1=O. The van der Waals surface area contributed by atoms with Gasteiger partial charge in [-0.3, -0.25) is 4.79 Å². The summed E-state index contributed by atoms with van der Waals surface area (Å²) in [6.45, 7) is 1.63. The number of nitrogens with one attached hydrogen (secondary N) is 1. The van der Waals surface area contributed by atoms with Crippen molar-refractivity contribution < 1.29 is 13.2 Å². The third-order valence-corrected chi connectivity index (χ3v) is 2.71. The Balaban J connectivity index is 2.47. The largest absolute Gasteiger partial charge is 0.416 e. The fraction of sp³-hybridized carbons (Fsp3) is 0.154. The smallest absolute Gasteiger partial charge is 0.361 e. The lowest BCUT2D eigenvalue weighted by Gasteiger charge is -2.09. The van der Waals surface area contributed by atoms with Gasteiger partial charge in [-0.25, -0.2) is 0 Å². The van der Waals surface area contributed by atoms with Crippen LogP contribution in [0.4, 0.5) is 13.2 Å². The number of aromatic nitrogens is 1. The molecule has 0 saturated carbocycles. The molecule has 0 atom stereocenters. The molecule has 0 saturated heterocycles. The fourth-order valence-electron chi connectivity index (χ4n) is 1.68. The van der Waals surface area contributed by atoms with Gasteiger partial charge in [0, 0.05) is 17.8 Å². The number of aromatic amines is 1. The van der Waals surface area contributed by atoms with E-state index in [1.165, 1.54) is 24.4 Å². The second-order valence-electron chi connectivity index (χ2n) is 3.92. The summed E-state index contributed by atoms with van der Waals surface area (Å²) in [4.78, 5) is 14.3. The number of halogens is 3. The molecule has 18 heavy (non-hydrogen) atoms. The maximum absolute atomic E-state index is 12.4. The number of alkyl halides is 3. The molecule has 0 radical (unpaired) electrons. The van der Waals surface area contributed by atoms with E-state index in [0.717, 1.165) is 12.1 Å². The Morgan fingerprint density at radius 1 is 1.06 bits per heavy atom. The minimum Gasteiger partial charge on any atom is -0.361 e. The Morgan fingerprint density at radius 2 is 1.67 bits per heavy atom. The van der Waals surface area contributed by atoms with Gasteiger partial charge in [-0.2, -0.15) is 13.2 Å². The molecule has 0 unspecified atom stereocenters. The zero-order valence-corrected chi connectivity index (χ0v) is 9.51. The number of pyridine rings is 1. The van der Waals surface area contributed by atoms with Crippen LogP contribution < -0.4 is 5.43 Å². The van der Waals surface area contributed by atoms with Crippen molar-refractivity contribution in [2.45, 2.75) is 13.1 Å². The van der Waals surface area contributed by atoms with Crippen molar-refractivity contribution in [1.29, 1.82) is 0 Å². The molecule has 0 amide bonds. The lowest BCUT2D eigenvalue weighted by molar-refractivity contribution is -0.137. The summed E-state index contributed by atoms with van der Waals surface area (Å²) in [5.74, 6) is 0. The molecular formula is C13H10F3NO. The number of hydrogen-bond donors (Lipinski definition) is 1. The summed E-state index contributed by atoms with van der Waals surface area (Å²) in [6.07, 6.45) is -2.87. The zero-order valence-electron chi connectivity index (χ0n) is 9.51. The first kappa shape index (κ1) is 12.4. The van der Waals surface area contributed by atoms with E-state index < -0.39 is 11.7 Å². The predicted octanol–water partition coefficient (Wildman–Crippen LogP) is 3.37. The van der Waals surface area contributed by atoms with E-state index in [0.29, 0.717) is 16.8 Å². The number of H-pyrrole nitrogens is 1. The predicted molar refractivity (Wildman–Crippen MR) is 62.2 cm³/mol. The monoisotopic (exact) mass is 253 g/mol. The van der Waals surface area contributed by atoms with Crippen LogP contribution in [0.15, 0.2) is 41.3 Å². The van der Waals surface area contributed by atoms with E-state index in [2.05, 4.69) is 4.98 Å². The van der Waals surface area contributed by atoms with Crippen LogP contribution in [0.25, 0.3) is 11.3 Å². The van der Waals surface area contributed by atoms with E-state index >= 15 is 0 Å². The quantitative estimate of drug-likeness (QED) is 0.830. The minimum atomic E-state index is -4.35. The molecule has 1 aromatic carbocycles. The highest BCUT2D eigenvalue weighted by Crippen LogP contribution is 2.30. The molecule has 0 fully saturated rings. The average Bonchev–Trinajstić information content (AvgIpc) is 2.32. The molecular weight excluding hydrogens is 243 g/mol. The average molecular weight is 253 g/mol. The van der Waals surface area contributed by atoms with Gasteiger partial charge in [-0.05, 0) is 24.6 Å². The summed E-state index contributed by atoms with van der Waals surface area (Å²) < 4.78 is 37.2. The standard InChI is InChI=1S/C13H10F3NO/c1-8-11(18)6-7-17-12(8)9-2-4-10(5-3-9)13(14,15)16/h2-7H,1H3,(H,17,18). The second-order valence-corrected chi connectivity index (χ2v) is 3.92. The molecule has 94 valence electrons. The fourth-order valence-corrected chi connectivity index (χ4v) is 1.68. The Morgan fingerprint density at radius 3 is 2.22 bits per heavy atom.